The minimum atomic E-state index is -0.0238. The molecule has 0 bridgehead atoms. The second-order valence-corrected chi connectivity index (χ2v) is 7.11. The molecule has 3 heterocycles. The maximum absolute atomic E-state index is 11.9. The van der Waals surface area contributed by atoms with Crippen molar-refractivity contribution in [1.82, 2.24) is 19.9 Å². The molecule has 1 N–H and O–H groups in total. The lowest BCUT2D eigenvalue weighted by atomic mass is 9.94. The first kappa shape index (κ1) is 16.6. The summed E-state index contributed by atoms with van der Waals surface area (Å²) in [5.74, 6) is 0.870. The van der Waals surface area contributed by atoms with Crippen LogP contribution in [0.25, 0.3) is 0 Å². The molecule has 126 valence electrons. The lowest BCUT2D eigenvalue weighted by molar-refractivity contribution is -0.127. The number of piperidine rings is 1. The van der Waals surface area contributed by atoms with Gasteiger partial charge in [-0.15, -0.1) is 11.3 Å². The summed E-state index contributed by atoms with van der Waals surface area (Å²) in [5.41, 5.74) is 1.91. The molecule has 1 amide bonds. The van der Waals surface area contributed by atoms with E-state index in [1.54, 1.807) is 23.7 Å². The Morgan fingerprint density at radius 1 is 1.42 bits per heavy atom. The van der Waals surface area contributed by atoms with Crippen LogP contribution in [0.5, 0.6) is 0 Å². The molecule has 3 rings (SSSR count). The molecule has 0 saturated carbocycles. The van der Waals surface area contributed by atoms with Crippen molar-refractivity contribution in [2.24, 2.45) is 0 Å². The zero-order valence-corrected chi connectivity index (χ0v) is 14.8. The van der Waals surface area contributed by atoms with Crippen molar-refractivity contribution >= 4 is 28.2 Å². The number of nitrogens with one attached hydrogen (secondary N) is 1. The van der Waals surface area contributed by atoms with Gasteiger partial charge in [0.2, 0.25) is 5.91 Å². The average Bonchev–Trinajstić information content (AvgIpc) is 2.92. The number of amides is 1. The van der Waals surface area contributed by atoms with Crippen molar-refractivity contribution in [3.05, 3.63) is 41.3 Å². The van der Waals surface area contributed by atoms with Crippen molar-refractivity contribution in [3.63, 3.8) is 0 Å². The Balaban J connectivity index is 1.83. The Morgan fingerprint density at radius 3 is 2.92 bits per heavy atom. The molecular formula is C17H21N5OS. The fourth-order valence-corrected chi connectivity index (χ4v) is 3.71. The van der Waals surface area contributed by atoms with Gasteiger partial charge in [0.15, 0.2) is 10.9 Å². The number of aromatic nitrogens is 3. The van der Waals surface area contributed by atoms with E-state index < -0.39 is 0 Å². The third kappa shape index (κ3) is 3.46. The van der Waals surface area contributed by atoms with Gasteiger partial charge in [0, 0.05) is 36.3 Å². The van der Waals surface area contributed by atoms with Crippen LogP contribution in [0.2, 0.25) is 0 Å². The first-order valence-corrected chi connectivity index (χ1v) is 8.83. The number of aryl methyl sites for hydroxylation is 2. The monoisotopic (exact) mass is 343 g/mol. The van der Waals surface area contributed by atoms with Crippen LogP contribution in [0.1, 0.15) is 35.0 Å². The Bertz CT molecular complexity index is 738. The molecular weight excluding hydrogens is 322 g/mol. The number of hydrogen-bond donors (Lipinski definition) is 1. The molecule has 1 atom stereocenters. The molecule has 0 radical (unpaired) electrons. The van der Waals surface area contributed by atoms with Crippen molar-refractivity contribution in [2.45, 2.75) is 32.6 Å². The number of likely N-dealkylation sites (tertiary alicyclic amines) is 1. The van der Waals surface area contributed by atoms with Gasteiger partial charge in [0.05, 0.1) is 11.4 Å². The van der Waals surface area contributed by atoms with Crippen molar-refractivity contribution in [3.8, 4) is 0 Å². The van der Waals surface area contributed by atoms with Crippen LogP contribution in [0.15, 0.2) is 25.0 Å². The Labute approximate surface area is 145 Å². The van der Waals surface area contributed by atoms with Gasteiger partial charge in [-0.25, -0.2) is 9.97 Å². The van der Waals surface area contributed by atoms with Crippen molar-refractivity contribution < 1.29 is 4.79 Å². The fraction of sp³-hybridized carbons (Fsp3) is 0.412. The van der Waals surface area contributed by atoms with E-state index in [1.165, 1.54) is 11.0 Å². The van der Waals surface area contributed by atoms with E-state index >= 15 is 0 Å². The Kier molecular flexibility index (Phi) is 4.89. The summed E-state index contributed by atoms with van der Waals surface area (Å²) >= 11 is 1.61. The number of carbonyl (C=O) groups excluding carboxylic acids is 1. The van der Waals surface area contributed by atoms with Crippen LogP contribution in [0.4, 0.5) is 10.9 Å². The summed E-state index contributed by atoms with van der Waals surface area (Å²) in [6.07, 6.45) is 6.70. The molecule has 6 nitrogen and oxygen atoms in total. The zero-order chi connectivity index (χ0) is 17.1. The molecule has 1 fully saturated rings. The average molecular weight is 343 g/mol. The SMILES string of the molecule is C=CC(=O)N1CCCC(c2nccnc2Nc2nc(C)c(C)s2)C1. The molecule has 2 aromatic rings. The predicted molar refractivity (Wildman–Crippen MR) is 95.7 cm³/mol. The molecule has 1 unspecified atom stereocenters. The number of carbonyl (C=O) groups is 1. The van der Waals surface area contributed by atoms with Crippen LogP contribution < -0.4 is 5.32 Å². The lowest BCUT2D eigenvalue weighted by Crippen LogP contribution is -2.38. The van der Waals surface area contributed by atoms with Crippen LogP contribution in [0.3, 0.4) is 0 Å². The molecule has 0 aromatic carbocycles. The molecule has 0 aliphatic carbocycles. The van der Waals surface area contributed by atoms with Gasteiger partial charge in [-0.1, -0.05) is 6.58 Å². The van der Waals surface area contributed by atoms with Gasteiger partial charge in [-0.05, 0) is 32.8 Å². The van der Waals surface area contributed by atoms with Crippen molar-refractivity contribution in [2.75, 3.05) is 18.4 Å². The van der Waals surface area contributed by atoms with Crippen LogP contribution in [-0.4, -0.2) is 38.8 Å². The molecule has 24 heavy (non-hydrogen) atoms. The first-order chi connectivity index (χ1) is 11.6. The highest BCUT2D eigenvalue weighted by Gasteiger charge is 2.27. The lowest BCUT2D eigenvalue weighted by Gasteiger charge is -2.32. The molecule has 2 aromatic heterocycles. The number of rotatable bonds is 4. The summed E-state index contributed by atoms with van der Waals surface area (Å²) in [6.45, 7) is 9.04. The van der Waals surface area contributed by atoms with Crippen LogP contribution >= 0.6 is 11.3 Å². The maximum atomic E-state index is 11.9. The van der Waals surface area contributed by atoms with Gasteiger partial charge in [0.25, 0.3) is 0 Å². The van der Waals surface area contributed by atoms with E-state index in [1.807, 2.05) is 11.8 Å². The number of anilines is 2. The molecule has 1 saturated heterocycles. The second-order valence-electron chi connectivity index (χ2n) is 5.90. The van der Waals surface area contributed by atoms with Crippen LogP contribution in [-0.2, 0) is 4.79 Å². The minimum Gasteiger partial charge on any atom is -0.339 e. The summed E-state index contributed by atoms with van der Waals surface area (Å²) in [4.78, 5) is 28.4. The fourth-order valence-electron chi connectivity index (χ4n) is 2.90. The molecule has 7 heteroatoms. The highest BCUT2D eigenvalue weighted by molar-refractivity contribution is 7.15. The van der Waals surface area contributed by atoms with Crippen molar-refractivity contribution in [1.29, 1.82) is 0 Å². The van der Waals surface area contributed by atoms with E-state index in [0.29, 0.717) is 6.54 Å². The summed E-state index contributed by atoms with van der Waals surface area (Å²) in [6, 6.07) is 0. The van der Waals surface area contributed by atoms with Gasteiger partial charge in [-0.2, -0.15) is 0 Å². The van der Waals surface area contributed by atoms with E-state index in [-0.39, 0.29) is 11.8 Å². The Hall–Kier alpha value is -2.28. The van der Waals surface area contributed by atoms with E-state index in [0.717, 1.165) is 41.7 Å². The van der Waals surface area contributed by atoms with E-state index in [2.05, 4.69) is 33.8 Å². The number of thiazole rings is 1. The van der Waals surface area contributed by atoms with E-state index in [4.69, 9.17) is 0 Å². The highest BCUT2D eigenvalue weighted by Crippen LogP contribution is 2.32. The minimum absolute atomic E-state index is 0.0238. The van der Waals surface area contributed by atoms with Gasteiger partial charge in [0.1, 0.15) is 0 Å². The summed E-state index contributed by atoms with van der Waals surface area (Å²) in [7, 11) is 0. The number of nitrogens with zero attached hydrogens (tertiary/aromatic N) is 4. The standard InChI is InChI=1S/C17H21N5OS/c1-4-14(23)22-9-5-6-13(10-22)15-16(19-8-7-18-15)21-17-20-11(2)12(3)24-17/h4,7-8,13H,1,5-6,9-10H2,2-3H3,(H,19,20,21). The van der Waals surface area contributed by atoms with Gasteiger partial charge in [-0.3, -0.25) is 9.78 Å². The highest BCUT2D eigenvalue weighted by atomic mass is 32.1. The molecule has 0 spiro atoms. The third-order valence-electron chi connectivity index (χ3n) is 4.27. The smallest absolute Gasteiger partial charge is 0.245 e. The van der Waals surface area contributed by atoms with Crippen LogP contribution in [0, 0.1) is 13.8 Å². The predicted octanol–water partition coefficient (Wildman–Crippen LogP) is 3.19. The summed E-state index contributed by atoms with van der Waals surface area (Å²) < 4.78 is 0. The summed E-state index contributed by atoms with van der Waals surface area (Å²) in [5, 5.41) is 4.12. The first-order valence-electron chi connectivity index (χ1n) is 8.01. The molecule has 1 aliphatic heterocycles. The van der Waals surface area contributed by atoms with Gasteiger partial charge < -0.3 is 10.2 Å². The Morgan fingerprint density at radius 2 is 2.21 bits per heavy atom. The maximum Gasteiger partial charge on any atom is 0.245 e. The zero-order valence-electron chi connectivity index (χ0n) is 14.0. The molecule has 1 aliphatic rings. The largest absolute Gasteiger partial charge is 0.339 e. The number of hydrogen-bond acceptors (Lipinski definition) is 6. The quantitative estimate of drug-likeness (QED) is 0.863. The normalized spacial score (nSPS) is 17.6. The topological polar surface area (TPSA) is 71.0 Å². The third-order valence-corrected chi connectivity index (χ3v) is 5.26. The van der Waals surface area contributed by atoms with E-state index in [9.17, 15) is 4.79 Å². The second kappa shape index (κ2) is 7.09. The van der Waals surface area contributed by atoms with Gasteiger partial charge >= 0.3 is 0 Å².